The van der Waals surface area contributed by atoms with Gasteiger partial charge >= 0.3 is 0 Å². The molecule has 0 spiro atoms. The maximum absolute atomic E-state index is 12.7. The van der Waals surface area contributed by atoms with Gasteiger partial charge in [0.2, 0.25) is 0 Å². The molecule has 1 aliphatic rings. The molecule has 0 unspecified atom stereocenters. The fraction of sp³-hybridized carbons (Fsp3) is 0.357. The van der Waals surface area contributed by atoms with Crippen LogP contribution in [0, 0.1) is 0 Å². The van der Waals surface area contributed by atoms with Crippen LogP contribution in [0.4, 0.5) is 0 Å². The third-order valence-electron chi connectivity index (χ3n) is 3.76. The van der Waals surface area contributed by atoms with Crippen LogP contribution in [0.2, 0.25) is 0 Å². The second kappa shape index (κ2) is 6.11. The quantitative estimate of drug-likeness (QED) is 0.879. The summed E-state index contributed by atoms with van der Waals surface area (Å²) >= 11 is 3.40. The summed E-state index contributed by atoms with van der Waals surface area (Å²) < 4.78 is 33.6. The number of hydrogen-bond acceptors (Lipinski definition) is 4. The molecule has 0 radical (unpaired) electrons. The molecule has 2 atom stereocenters. The van der Waals surface area contributed by atoms with Gasteiger partial charge in [0.1, 0.15) is 0 Å². The van der Waals surface area contributed by atoms with Gasteiger partial charge in [0, 0.05) is 11.0 Å². The molecule has 2 aromatic rings. The molecular weight excluding hydrogens is 370 g/mol. The number of rotatable bonds is 3. The van der Waals surface area contributed by atoms with E-state index in [-0.39, 0.29) is 17.2 Å². The minimum Gasteiger partial charge on any atom is -0.370 e. The number of ether oxygens (including phenoxy) is 1. The standard InChI is InChI=1S/C14H16BrN3O3S/c1-10-14(11-2-4-12(15)5-3-11)21-7-6-18(10)22(19,20)13-8-16-9-17-13/h2-5,8-10,14H,6-7H2,1H3,(H,16,17)/t10-,14+/m1/s1. The van der Waals surface area contributed by atoms with E-state index in [1.54, 1.807) is 0 Å². The lowest BCUT2D eigenvalue weighted by Gasteiger charge is -2.38. The van der Waals surface area contributed by atoms with E-state index in [4.69, 9.17) is 4.74 Å². The van der Waals surface area contributed by atoms with Gasteiger partial charge in [-0.05, 0) is 24.6 Å². The van der Waals surface area contributed by atoms with E-state index in [1.165, 1.54) is 16.8 Å². The average molecular weight is 386 g/mol. The number of morpholine rings is 1. The van der Waals surface area contributed by atoms with Crippen LogP contribution >= 0.6 is 15.9 Å². The molecule has 0 aliphatic carbocycles. The molecule has 3 rings (SSSR count). The number of benzene rings is 1. The Labute approximate surface area is 137 Å². The third kappa shape index (κ3) is 2.83. The van der Waals surface area contributed by atoms with Crippen molar-refractivity contribution in [1.82, 2.24) is 14.3 Å². The first-order valence-electron chi connectivity index (χ1n) is 6.87. The number of nitrogens with one attached hydrogen (secondary N) is 1. The van der Waals surface area contributed by atoms with E-state index < -0.39 is 10.0 Å². The van der Waals surface area contributed by atoms with Crippen molar-refractivity contribution in [1.29, 1.82) is 0 Å². The normalized spacial score (nSPS) is 23.5. The van der Waals surface area contributed by atoms with Crippen LogP contribution in [0.3, 0.4) is 0 Å². The molecular formula is C14H16BrN3O3S. The van der Waals surface area contributed by atoms with Gasteiger partial charge in [-0.2, -0.15) is 4.31 Å². The van der Waals surface area contributed by atoms with Crippen LogP contribution in [0.25, 0.3) is 0 Å². The summed E-state index contributed by atoms with van der Waals surface area (Å²) in [6.45, 7) is 2.55. The molecule has 118 valence electrons. The second-order valence-electron chi connectivity index (χ2n) is 5.12. The predicted molar refractivity (Wildman–Crippen MR) is 84.8 cm³/mol. The van der Waals surface area contributed by atoms with Crippen LogP contribution < -0.4 is 0 Å². The molecule has 1 aromatic carbocycles. The van der Waals surface area contributed by atoms with Gasteiger partial charge < -0.3 is 9.72 Å². The van der Waals surface area contributed by atoms with Crippen LogP contribution in [-0.4, -0.2) is 41.9 Å². The Morgan fingerprint density at radius 3 is 2.73 bits per heavy atom. The van der Waals surface area contributed by atoms with E-state index in [2.05, 4.69) is 25.9 Å². The van der Waals surface area contributed by atoms with Crippen molar-refractivity contribution in [3.63, 3.8) is 0 Å². The van der Waals surface area contributed by atoms with Crippen molar-refractivity contribution in [2.45, 2.75) is 24.1 Å². The Morgan fingerprint density at radius 1 is 1.36 bits per heavy atom. The highest BCUT2D eigenvalue weighted by molar-refractivity contribution is 9.10. The Morgan fingerprint density at radius 2 is 2.09 bits per heavy atom. The van der Waals surface area contributed by atoms with Gasteiger partial charge in [0.25, 0.3) is 10.0 Å². The Kier molecular flexibility index (Phi) is 4.35. The zero-order valence-electron chi connectivity index (χ0n) is 11.9. The Balaban J connectivity index is 1.90. The fourth-order valence-electron chi connectivity index (χ4n) is 2.64. The summed E-state index contributed by atoms with van der Waals surface area (Å²) in [7, 11) is -3.59. The summed E-state index contributed by atoms with van der Waals surface area (Å²) in [5.74, 6) is 0. The number of imidazole rings is 1. The molecule has 22 heavy (non-hydrogen) atoms. The number of aromatic nitrogens is 2. The number of halogens is 1. The molecule has 1 N–H and O–H groups in total. The van der Waals surface area contributed by atoms with Gasteiger partial charge in [-0.15, -0.1) is 0 Å². The molecule has 1 aromatic heterocycles. The molecule has 1 fully saturated rings. The number of sulfonamides is 1. The molecule has 1 saturated heterocycles. The third-order valence-corrected chi connectivity index (χ3v) is 6.20. The SMILES string of the molecule is C[C@@H]1[C@@H](c2ccc(Br)cc2)OCCN1S(=O)(=O)c1cnc[nH]1. The van der Waals surface area contributed by atoms with Crippen LogP contribution in [0.15, 0.2) is 46.3 Å². The monoisotopic (exact) mass is 385 g/mol. The van der Waals surface area contributed by atoms with Gasteiger partial charge in [0.15, 0.2) is 5.03 Å². The zero-order valence-corrected chi connectivity index (χ0v) is 14.3. The molecule has 8 heteroatoms. The largest absolute Gasteiger partial charge is 0.370 e. The van der Waals surface area contributed by atoms with Crippen molar-refractivity contribution < 1.29 is 13.2 Å². The molecule has 2 heterocycles. The van der Waals surface area contributed by atoms with Crippen molar-refractivity contribution in [3.05, 3.63) is 46.8 Å². The van der Waals surface area contributed by atoms with E-state index in [1.807, 2.05) is 31.2 Å². The topological polar surface area (TPSA) is 75.3 Å². The summed E-state index contributed by atoms with van der Waals surface area (Å²) in [6.07, 6.45) is 2.40. The molecule has 6 nitrogen and oxygen atoms in total. The summed E-state index contributed by atoms with van der Waals surface area (Å²) in [5, 5.41) is 0.107. The van der Waals surface area contributed by atoms with Crippen LogP contribution in [-0.2, 0) is 14.8 Å². The number of aromatic amines is 1. The molecule has 0 bridgehead atoms. The first-order valence-corrected chi connectivity index (χ1v) is 9.11. The molecule has 1 aliphatic heterocycles. The number of H-pyrrole nitrogens is 1. The van der Waals surface area contributed by atoms with Crippen LogP contribution in [0.5, 0.6) is 0 Å². The predicted octanol–water partition coefficient (Wildman–Crippen LogP) is 2.32. The van der Waals surface area contributed by atoms with Crippen molar-refractivity contribution in [3.8, 4) is 0 Å². The van der Waals surface area contributed by atoms with Crippen molar-refractivity contribution >= 4 is 26.0 Å². The Hall–Kier alpha value is -1.22. The minimum atomic E-state index is -3.59. The summed E-state index contributed by atoms with van der Waals surface area (Å²) in [6, 6.07) is 7.43. The van der Waals surface area contributed by atoms with E-state index >= 15 is 0 Å². The number of hydrogen-bond donors (Lipinski definition) is 1. The lowest BCUT2D eigenvalue weighted by atomic mass is 10.0. The lowest BCUT2D eigenvalue weighted by Crippen LogP contribution is -2.48. The fourth-order valence-corrected chi connectivity index (χ4v) is 4.42. The maximum atomic E-state index is 12.7. The van der Waals surface area contributed by atoms with E-state index in [0.717, 1.165) is 10.0 Å². The second-order valence-corrected chi connectivity index (χ2v) is 7.89. The minimum absolute atomic E-state index is 0.107. The van der Waals surface area contributed by atoms with E-state index in [0.29, 0.717) is 13.2 Å². The van der Waals surface area contributed by atoms with Gasteiger partial charge in [0.05, 0.1) is 31.3 Å². The summed E-state index contributed by atoms with van der Waals surface area (Å²) in [4.78, 5) is 6.47. The van der Waals surface area contributed by atoms with Crippen molar-refractivity contribution in [2.24, 2.45) is 0 Å². The highest BCUT2D eigenvalue weighted by Crippen LogP contribution is 2.32. The molecule has 0 saturated carbocycles. The van der Waals surface area contributed by atoms with Crippen molar-refractivity contribution in [2.75, 3.05) is 13.2 Å². The van der Waals surface area contributed by atoms with Gasteiger partial charge in [-0.25, -0.2) is 13.4 Å². The van der Waals surface area contributed by atoms with Gasteiger partial charge in [-0.1, -0.05) is 28.1 Å². The Bertz CT molecular complexity index is 731. The highest BCUT2D eigenvalue weighted by Gasteiger charge is 2.38. The first kappa shape index (κ1) is 15.7. The smallest absolute Gasteiger partial charge is 0.260 e. The van der Waals surface area contributed by atoms with Crippen LogP contribution in [0.1, 0.15) is 18.6 Å². The first-order chi connectivity index (χ1) is 10.5. The average Bonchev–Trinajstić information content (AvgIpc) is 3.03. The summed E-state index contributed by atoms with van der Waals surface area (Å²) in [5.41, 5.74) is 0.959. The maximum Gasteiger partial charge on any atom is 0.260 e. The highest BCUT2D eigenvalue weighted by atomic mass is 79.9. The zero-order chi connectivity index (χ0) is 15.7. The van der Waals surface area contributed by atoms with Gasteiger partial charge in [-0.3, -0.25) is 0 Å². The van der Waals surface area contributed by atoms with E-state index in [9.17, 15) is 8.42 Å². The number of nitrogens with zero attached hydrogens (tertiary/aromatic N) is 2. The molecule has 0 amide bonds. The lowest BCUT2D eigenvalue weighted by molar-refractivity contribution is -0.0362.